The molecule has 0 radical (unpaired) electrons. The smallest absolute Gasteiger partial charge is 0.209 e. The van der Waals surface area contributed by atoms with Crippen LogP contribution in [0.15, 0.2) is 18.6 Å². The first-order chi connectivity index (χ1) is 6.27. The summed E-state index contributed by atoms with van der Waals surface area (Å²) in [5, 5.41) is 7.50. The molecule has 0 atom stereocenters. The number of aryl methyl sites for hydroxylation is 1. The molecular formula is C7H6N4OS. The monoisotopic (exact) mass is 194 g/mol. The third-order valence-electron chi connectivity index (χ3n) is 1.55. The Morgan fingerprint density at radius 2 is 2.38 bits per heavy atom. The standard InChI is InChI=1S/C7H6N4OS/c1-11-4-5(2-9-11)7(12)6-3-8-10-13-6/h2-4H,1H3. The number of rotatable bonds is 2. The molecular weight excluding hydrogens is 188 g/mol. The number of ketones is 1. The van der Waals surface area contributed by atoms with Gasteiger partial charge in [0.2, 0.25) is 5.78 Å². The minimum absolute atomic E-state index is 0.0805. The van der Waals surface area contributed by atoms with Crippen LogP contribution in [0.4, 0.5) is 0 Å². The van der Waals surface area contributed by atoms with E-state index in [0.29, 0.717) is 10.4 Å². The molecule has 0 N–H and O–H groups in total. The second-order valence-corrected chi connectivity index (χ2v) is 3.30. The van der Waals surface area contributed by atoms with Crippen LogP contribution in [0.3, 0.4) is 0 Å². The van der Waals surface area contributed by atoms with Gasteiger partial charge in [0, 0.05) is 13.2 Å². The van der Waals surface area contributed by atoms with Crippen LogP contribution in [0.1, 0.15) is 15.2 Å². The third-order valence-corrected chi connectivity index (χ3v) is 2.22. The summed E-state index contributed by atoms with van der Waals surface area (Å²) in [6.45, 7) is 0. The highest BCUT2D eigenvalue weighted by Crippen LogP contribution is 2.10. The van der Waals surface area contributed by atoms with Gasteiger partial charge in [-0.1, -0.05) is 4.49 Å². The summed E-state index contributed by atoms with van der Waals surface area (Å²) in [6.07, 6.45) is 4.66. The predicted molar refractivity (Wildman–Crippen MR) is 46.5 cm³/mol. The molecule has 66 valence electrons. The minimum Gasteiger partial charge on any atom is -0.287 e. The van der Waals surface area contributed by atoms with Crippen LogP contribution in [-0.2, 0) is 7.05 Å². The largest absolute Gasteiger partial charge is 0.287 e. The van der Waals surface area contributed by atoms with Gasteiger partial charge in [-0.05, 0) is 11.5 Å². The first kappa shape index (κ1) is 8.06. The topological polar surface area (TPSA) is 60.7 Å². The van der Waals surface area contributed by atoms with Gasteiger partial charge in [-0.2, -0.15) is 5.10 Å². The molecule has 0 fully saturated rings. The van der Waals surface area contributed by atoms with Crippen LogP contribution in [0.5, 0.6) is 0 Å². The molecule has 2 heterocycles. The van der Waals surface area contributed by atoms with E-state index in [1.165, 1.54) is 12.4 Å². The highest BCUT2D eigenvalue weighted by atomic mass is 32.1. The van der Waals surface area contributed by atoms with Gasteiger partial charge in [0.25, 0.3) is 0 Å². The summed E-state index contributed by atoms with van der Waals surface area (Å²) in [7, 11) is 1.77. The lowest BCUT2D eigenvalue weighted by Crippen LogP contribution is -1.96. The molecule has 0 aliphatic heterocycles. The first-order valence-corrected chi connectivity index (χ1v) is 4.35. The Morgan fingerprint density at radius 3 is 2.92 bits per heavy atom. The number of carbonyl (C=O) groups is 1. The molecule has 0 saturated carbocycles. The fraction of sp³-hybridized carbons (Fsp3) is 0.143. The predicted octanol–water partition coefficient (Wildman–Crippen LogP) is 0.503. The van der Waals surface area contributed by atoms with E-state index < -0.39 is 0 Å². The average Bonchev–Trinajstić information content (AvgIpc) is 2.72. The maximum absolute atomic E-state index is 11.6. The molecule has 2 aromatic rings. The lowest BCUT2D eigenvalue weighted by Gasteiger charge is -1.88. The van der Waals surface area contributed by atoms with Crippen molar-refractivity contribution < 1.29 is 4.79 Å². The van der Waals surface area contributed by atoms with Crippen molar-refractivity contribution in [3.8, 4) is 0 Å². The molecule has 0 aliphatic carbocycles. The normalized spacial score (nSPS) is 10.2. The van der Waals surface area contributed by atoms with E-state index in [4.69, 9.17) is 0 Å². The fourth-order valence-corrected chi connectivity index (χ4v) is 1.43. The lowest BCUT2D eigenvalue weighted by atomic mass is 10.2. The Bertz CT molecular complexity index is 419. The summed E-state index contributed by atoms with van der Waals surface area (Å²) in [5.74, 6) is -0.0805. The van der Waals surface area contributed by atoms with Crippen LogP contribution in [-0.4, -0.2) is 25.2 Å². The SMILES string of the molecule is Cn1cc(C(=O)c2cnns2)cn1. The fourth-order valence-electron chi connectivity index (χ4n) is 0.948. The zero-order valence-corrected chi connectivity index (χ0v) is 7.65. The Balaban J connectivity index is 2.33. The third kappa shape index (κ3) is 1.48. The van der Waals surface area contributed by atoms with Crippen molar-refractivity contribution >= 4 is 17.3 Å². The molecule has 0 bridgehead atoms. The number of aromatic nitrogens is 4. The molecule has 2 aromatic heterocycles. The van der Waals surface area contributed by atoms with Crippen LogP contribution >= 0.6 is 11.5 Å². The molecule has 0 aliphatic rings. The first-order valence-electron chi connectivity index (χ1n) is 3.58. The Kier molecular flexibility index (Phi) is 1.90. The van der Waals surface area contributed by atoms with Gasteiger partial charge in [-0.3, -0.25) is 9.48 Å². The zero-order chi connectivity index (χ0) is 9.26. The molecule has 0 aromatic carbocycles. The summed E-state index contributed by atoms with van der Waals surface area (Å²) in [6, 6.07) is 0. The van der Waals surface area contributed by atoms with E-state index >= 15 is 0 Å². The van der Waals surface area contributed by atoms with Crippen molar-refractivity contribution in [1.82, 2.24) is 19.4 Å². The maximum Gasteiger partial charge on any atom is 0.209 e. The second kappa shape index (κ2) is 3.06. The Labute approximate surface area is 78.2 Å². The summed E-state index contributed by atoms with van der Waals surface area (Å²) < 4.78 is 5.20. The van der Waals surface area contributed by atoms with E-state index in [2.05, 4.69) is 14.7 Å². The van der Waals surface area contributed by atoms with Gasteiger partial charge in [-0.15, -0.1) is 5.10 Å². The van der Waals surface area contributed by atoms with E-state index in [1.807, 2.05) is 0 Å². The Hall–Kier alpha value is -1.56. The van der Waals surface area contributed by atoms with Gasteiger partial charge >= 0.3 is 0 Å². The van der Waals surface area contributed by atoms with Crippen molar-refractivity contribution in [3.05, 3.63) is 29.0 Å². The van der Waals surface area contributed by atoms with Gasteiger partial charge in [0.05, 0.1) is 18.0 Å². The number of carbonyl (C=O) groups excluding carboxylic acids is 1. The maximum atomic E-state index is 11.6. The molecule has 6 heteroatoms. The van der Waals surface area contributed by atoms with E-state index in [-0.39, 0.29) is 5.78 Å². The van der Waals surface area contributed by atoms with Gasteiger partial charge in [0.15, 0.2) is 0 Å². The Morgan fingerprint density at radius 1 is 1.54 bits per heavy atom. The molecule has 2 rings (SSSR count). The van der Waals surface area contributed by atoms with Crippen LogP contribution < -0.4 is 0 Å². The highest BCUT2D eigenvalue weighted by Gasteiger charge is 2.12. The van der Waals surface area contributed by atoms with Gasteiger partial charge < -0.3 is 0 Å². The van der Waals surface area contributed by atoms with Crippen molar-refractivity contribution in [1.29, 1.82) is 0 Å². The van der Waals surface area contributed by atoms with Crippen molar-refractivity contribution in [2.45, 2.75) is 0 Å². The quantitative estimate of drug-likeness (QED) is 0.653. The zero-order valence-electron chi connectivity index (χ0n) is 6.84. The van der Waals surface area contributed by atoms with E-state index in [9.17, 15) is 4.79 Å². The highest BCUT2D eigenvalue weighted by molar-refractivity contribution is 7.08. The lowest BCUT2D eigenvalue weighted by molar-refractivity contribution is 0.104. The second-order valence-electron chi connectivity index (χ2n) is 2.51. The van der Waals surface area contributed by atoms with Gasteiger partial charge in [-0.25, -0.2) is 0 Å². The number of nitrogens with zero attached hydrogens (tertiary/aromatic N) is 4. The van der Waals surface area contributed by atoms with E-state index in [1.54, 1.807) is 17.9 Å². The molecule has 0 amide bonds. The van der Waals surface area contributed by atoms with Crippen molar-refractivity contribution in [3.63, 3.8) is 0 Å². The minimum atomic E-state index is -0.0805. The van der Waals surface area contributed by atoms with Crippen molar-refractivity contribution in [2.75, 3.05) is 0 Å². The summed E-state index contributed by atoms with van der Waals surface area (Å²) in [4.78, 5) is 12.1. The van der Waals surface area contributed by atoms with E-state index in [0.717, 1.165) is 11.5 Å². The van der Waals surface area contributed by atoms with Crippen LogP contribution in [0.25, 0.3) is 0 Å². The molecule has 0 unspecified atom stereocenters. The number of hydrogen-bond donors (Lipinski definition) is 0. The molecule has 13 heavy (non-hydrogen) atoms. The number of hydrogen-bond acceptors (Lipinski definition) is 5. The molecule has 5 nitrogen and oxygen atoms in total. The van der Waals surface area contributed by atoms with Gasteiger partial charge in [0.1, 0.15) is 4.88 Å². The van der Waals surface area contributed by atoms with Crippen LogP contribution in [0.2, 0.25) is 0 Å². The van der Waals surface area contributed by atoms with Crippen molar-refractivity contribution in [2.24, 2.45) is 7.05 Å². The average molecular weight is 194 g/mol. The summed E-state index contributed by atoms with van der Waals surface area (Å²) >= 11 is 1.09. The summed E-state index contributed by atoms with van der Waals surface area (Å²) in [5.41, 5.74) is 0.563. The van der Waals surface area contributed by atoms with Crippen LogP contribution in [0, 0.1) is 0 Å². The molecule has 0 saturated heterocycles. The molecule has 0 spiro atoms.